The summed E-state index contributed by atoms with van der Waals surface area (Å²) in [6.45, 7) is 0. The molecule has 0 saturated carbocycles. The summed E-state index contributed by atoms with van der Waals surface area (Å²) in [7, 11) is 0. The highest BCUT2D eigenvalue weighted by molar-refractivity contribution is 9.10. The fraction of sp³-hybridized carbons (Fsp3) is 0. The minimum Gasteiger partial charge on any atom is -0.462 e. The van der Waals surface area contributed by atoms with Gasteiger partial charge in [0.25, 0.3) is 5.56 Å². The molecule has 0 fully saturated rings. The zero-order chi connectivity index (χ0) is 12.7. The van der Waals surface area contributed by atoms with Crippen LogP contribution in [0.1, 0.15) is 0 Å². The first-order chi connectivity index (χ1) is 8.68. The van der Waals surface area contributed by atoms with Crippen molar-refractivity contribution in [3.8, 4) is 5.69 Å². The molecule has 0 atom stereocenters. The molecule has 0 amide bonds. The lowest BCUT2D eigenvalue weighted by Gasteiger charge is -2.07. The van der Waals surface area contributed by atoms with E-state index >= 15 is 0 Å². The fourth-order valence-corrected chi connectivity index (χ4v) is 2.29. The molecule has 0 bridgehead atoms. The minimum absolute atomic E-state index is 0.239. The van der Waals surface area contributed by atoms with Gasteiger partial charge in [0.2, 0.25) is 0 Å². The highest BCUT2D eigenvalue weighted by atomic mass is 79.9. The molecule has 0 aliphatic rings. The average Bonchev–Trinajstić information content (AvgIpc) is 2.84. The number of rotatable bonds is 1. The van der Waals surface area contributed by atoms with Gasteiger partial charge in [-0.1, -0.05) is 6.07 Å². The van der Waals surface area contributed by atoms with Crippen LogP contribution in [0.15, 0.2) is 56.5 Å². The van der Waals surface area contributed by atoms with Gasteiger partial charge in [-0.3, -0.25) is 9.36 Å². The molecule has 0 aliphatic carbocycles. The SMILES string of the molecule is O=c1ccccn1-c1cc(F)c(Br)c2ccoc12. The Kier molecular flexibility index (Phi) is 2.56. The molecule has 18 heavy (non-hydrogen) atoms. The number of nitrogens with zero attached hydrogens (tertiary/aromatic N) is 1. The summed E-state index contributed by atoms with van der Waals surface area (Å²) in [6, 6.07) is 7.68. The largest absolute Gasteiger partial charge is 0.462 e. The molecule has 2 aromatic heterocycles. The van der Waals surface area contributed by atoms with Crippen LogP contribution in [0.5, 0.6) is 0 Å². The molecule has 0 aliphatic heterocycles. The van der Waals surface area contributed by atoms with Gasteiger partial charge in [-0.2, -0.15) is 0 Å². The second-order valence-corrected chi connectivity index (χ2v) is 4.56. The molecule has 5 heteroatoms. The summed E-state index contributed by atoms with van der Waals surface area (Å²) < 4.78 is 20.8. The van der Waals surface area contributed by atoms with Crippen molar-refractivity contribution >= 4 is 26.9 Å². The maximum atomic E-state index is 13.8. The van der Waals surface area contributed by atoms with E-state index in [1.807, 2.05) is 0 Å². The van der Waals surface area contributed by atoms with Crippen molar-refractivity contribution in [1.29, 1.82) is 0 Å². The zero-order valence-electron chi connectivity index (χ0n) is 9.06. The molecule has 0 radical (unpaired) electrons. The van der Waals surface area contributed by atoms with E-state index in [0.717, 1.165) is 0 Å². The van der Waals surface area contributed by atoms with Crippen LogP contribution in [0.3, 0.4) is 0 Å². The molecule has 3 aromatic rings. The number of aromatic nitrogens is 1. The smallest absolute Gasteiger partial charge is 0.255 e. The lowest BCUT2D eigenvalue weighted by Crippen LogP contribution is -2.15. The van der Waals surface area contributed by atoms with E-state index in [1.165, 1.54) is 23.0 Å². The Bertz CT molecular complexity index is 791. The van der Waals surface area contributed by atoms with Crippen molar-refractivity contribution in [2.75, 3.05) is 0 Å². The number of hydrogen-bond donors (Lipinski definition) is 0. The highest BCUT2D eigenvalue weighted by Gasteiger charge is 2.14. The van der Waals surface area contributed by atoms with Crippen molar-refractivity contribution in [2.24, 2.45) is 0 Å². The third-order valence-electron chi connectivity index (χ3n) is 2.69. The monoisotopic (exact) mass is 307 g/mol. The Morgan fingerprint density at radius 2 is 2.11 bits per heavy atom. The molecular weight excluding hydrogens is 301 g/mol. The maximum Gasteiger partial charge on any atom is 0.255 e. The van der Waals surface area contributed by atoms with Crippen LogP contribution in [0.2, 0.25) is 0 Å². The van der Waals surface area contributed by atoms with Gasteiger partial charge in [0.15, 0.2) is 5.58 Å². The molecule has 3 rings (SSSR count). The predicted octanol–water partition coefficient (Wildman–Crippen LogP) is 3.49. The van der Waals surface area contributed by atoms with Gasteiger partial charge in [-0.15, -0.1) is 0 Å². The number of benzene rings is 1. The van der Waals surface area contributed by atoms with Crippen LogP contribution in [0.4, 0.5) is 4.39 Å². The van der Waals surface area contributed by atoms with Gasteiger partial charge in [0.05, 0.1) is 16.4 Å². The van der Waals surface area contributed by atoms with Gasteiger partial charge >= 0.3 is 0 Å². The van der Waals surface area contributed by atoms with Crippen molar-refractivity contribution in [1.82, 2.24) is 4.57 Å². The Morgan fingerprint density at radius 1 is 1.28 bits per heavy atom. The summed E-state index contributed by atoms with van der Waals surface area (Å²) in [5, 5.41) is 0.598. The first-order valence-corrected chi connectivity index (χ1v) is 6.01. The Labute approximate surface area is 110 Å². The Hall–Kier alpha value is -1.88. The molecule has 3 nitrogen and oxygen atoms in total. The summed E-state index contributed by atoms with van der Waals surface area (Å²) in [5.41, 5.74) is 0.620. The summed E-state index contributed by atoms with van der Waals surface area (Å²) in [5.74, 6) is -0.436. The van der Waals surface area contributed by atoms with E-state index in [1.54, 1.807) is 24.4 Å². The van der Waals surface area contributed by atoms with Crippen LogP contribution in [-0.2, 0) is 0 Å². The second-order valence-electron chi connectivity index (χ2n) is 3.76. The molecular formula is C13H7BrFNO2. The third-order valence-corrected chi connectivity index (χ3v) is 3.50. The first-order valence-electron chi connectivity index (χ1n) is 5.22. The van der Waals surface area contributed by atoms with Gasteiger partial charge in [-0.05, 0) is 28.1 Å². The van der Waals surface area contributed by atoms with Crippen LogP contribution >= 0.6 is 15.9 Å². The third kappa shape index (κ3) is 1.59. The fourth-order valence-electron chi connectivity index (χ4n) is 1.86. The van der Waals surface area contributed by atoms with Crippen LogP contribution in [-0.4, -0.2) is 4.57 Å². The Balaban J connectivity index is 2.44. The molecule has 0 N–H and O–H groups in total. The molecule has 0 spiro atoms. The lowest BCUT2D eigenvalue weighted by molar-refractivity contribution is 0.603. The second kappa shape index (κ2) is 4.10. The topological polar surface area (TPSA) is 35.1 Å². The quantitative estimate of drug-likeness (QED) is 0.690. The number of fused-ring (bicyclic) bond motifs is 1. The lowest BCUT2D eigenvalue weighted by atomic mass is 10.2. The molecule has 0 unspecified atom stereocenters. The normalized spacial score (nSPS) is 11.0. The van der Waals surface area contributed by atoms with E-state index in [0.29, 0.717) is 21.1 Å². The van der Waals surface area contributed by atoms with Crippen molar-refractivity contribution in [3.63, 3.8) is 0 Å². The van der Waals surface area contributed by atoms with Crippen LogP contribution in [0, 0.1) is 5.82 Å². The van der Waals surface area contributed by atoms with E-state index in [-0.39, 0.29) is 5.56 Å². The number of halogens is 2. The first kappa shape index (κ1) is 11.2. The van der Waals surface area contributed by atoms with Crippen molar-refractivity contribution in [3.05, 3.63) is 63.4 Å². The number of pyridine rings is 1. The predicted molar refractivity (Wildman–Crippen MR) is 69.5 cm³/mol. The van der Waals surface area contributed by atoms with Crippen molar-refractivity contribution in [2.45, 2.75) is 0 Å². The molecule has 2 heterocycles. The molecule has 90 valence electrons. The van der Waals surface area contributed by atoms with Gasteiger partial charge in [0.1, 0.15) is 5.82 Å². The standard InChI is InChI=1S/C13H7BrFNO2/c14-12-8-4-6-18-13(8)10(7-9(12)15)16-5-2-1-3-11(16)17/h1-7H. The average molecular weight is 308 g/mol. The zero-order valence-corrected chi connectivity index (χ0v) is 10.6. The van der Waals surface area contributed by atoms with E-state index < -0.39 is 5.82 Å². The summed E-state index contributed by atoms with van der Waals surface area (Å²) >= 11 is 3.16. The van der Waals surface area contributed by atoms with Crippen LogP contribution < -0.4 is 5.56 Å². The van der Waals surface area contributed by atoms with Crippen LogP contribution in [0.25, 0.3) is 16.7 Å². The number of hydrogen-bond acceptors (Lipinski definition) is 2. The summed E-state index contributed by atoms with van der Waals surface area (Å²) in [4.78, 5) is 11.8. The highest BCUT2D eigenvalue weighted by Crippen LogP contribution is 2.32. The van der Waals surface area contributed by atoms with Gasteiger partial charge < -0.3 is 4.42 Å². The van der Waals surface area contributed by atoms with Crippen molar-refractivity contribution < 1.29 is 8.81 Å². The Morgan fingerprint density at radius 3 is 2.89 bits per heavy atom. The van der Waals surface area contributed by atoms with Gasteiger partial charge in [-0.25, -0.2) is 4.39 Å². The summed E-state index contributed by atoms with van der Waals surface area (Å²) in [6.07, 6.45) is 3.04. The minimum atomic E-state index is -0.436. The molecule has 0 saturated heterocycles. The van der Waals surface area contributed by atoms with E-state index in [9.17, 15) is 9.18 Å². The molecule has 1 aromatic carbocycles. The van der Waals surface area contributed by atoms with E-state index in [4.69, 9.17) is 4.42 Å². The van der Waals surface area contributed by atoms with E-state index in [2.05, 4.69) is 15.9 Å². The van der Waals surface area contributed by atoms with Gasteiger partial charge in [0, 0.05) is 23.7 Å². The number of furan rings is 1. The maximum absolute atomic E-state index is 13.8.